The third kappa shape index (κ3) is 4.54. The fourth-order valence-corrected chi connectivity index (χ4v) is 4.63. The second kappa shape index (κ2) is 9.19. The highest BCUT2D eigenvalue weighted by atomic mass is 16.5. The number of nitrogens with zero attached hydrogens (tertiary/aromatic N) is 5. The van der Waals surface area contributed by atoms with Gasteiger partial charge in [0.2, 0.25) is 0 Å². The SMILES string of the molecule is CC(C)N1CCC[C@@H](Cn2nc(-c3ccc(Oc4ccccc4)cc3)c3c(N)ncnc32)C1. The number of nitrogens with two attached hydrogens (primary N) is 1. The van der Waals surface area contributed by atoms with E-state index in [1.165, 1.54) is 25.7 Å². The van der Waals surface area contributed by atoms with Crippen LogP contribution in [0, 0.1) is 5.92 Å². The van der Waals surface area contributed by atoms with Crippen molar-refractivity contribution in [1.82, 2.24) is 24.6 Å². The van der Waals surface area contributed by atoms with Gasteiger partial charge in [0.05, 0.1) is 5.39 Å². The van der Waals surface area contributed by atoms with Crippen molar-refractivity contribution in [3.05, 3.63) is 60.9 Å². The minimum atomic E-state index is 0.457. The van der Waals surface area contributed by atoms with Crippen LogP contribution in [0.25, 0.3) is 22.3 Å². The van der Waals surface area contributed by atoms with Gasteiger partial charge in [-0.25, -0.2) is 14.6 Å². The molecule has 170 valence electrons. The molecule has 5 rings (SSSR count). The number of ether oxygens (including phenoxy) is 1. The largest absolute Gasteiger partial charge is 0.457 e. The fraction of sp³-hybridized carbons (Fsp3) is 0.346. The molecule has 1 saturated heterocycles. The molecule has 0 unspecified atom stereocenters. The van der Waals surface area contributed by atoms with Crippen LogP contribution >= 0.6 is 0 Å². The Morgan fingerprint density at radius 3 is 2.55 bits per heavy atom. The van der Waals surface area contributed by atoms with E-state index in [1.54, 1.807) is 0 Å². The molecule has 0 spiro atoms. The number of para-hydroxylation sites is 1. The highest BCUT2D eigenvalue weighted by Crippen LogP contribution is 2.33. The Morgan fingerprint density at radius 2 is 1.79 bits per heavy atom. The van der Waals surface area contributed by atoms with Crippen LogP contribution in [0.1, 0.15) is 26.7 Å². The Morgan fingerprint density at radius 1 is 1.03 bits per heavy atom. The number of rotatable bonds is 6. The number of aromatic nitrogens is 4. The molecule has 7 heteroatoms. The molecule has 0 radical (unpaired) electrons. The average molecular weight is 443 g/mol. The lowest BCUT2D eigenvalue weighted by molar-refractivity contribution is 0.129. The summed E-state index contributed by atoms with van der Waals surface area (Å²) in [6.07, 6.45) is 3.94. The molecule has 1 aliphatic heterocycles. The maximum atomic E-state index is 6.30. The summed E-state index contributed by atoms with van der Waals surface area (Å²) >= 11 is 0. The summed E-state index contributed by atoms with van der Waals surface area (Å²) in [5.41, 5.74) is 8.87. The van der Waals surface area contributed by atoms with Gasteiger partial charge in [-0.05, 0) is 75.5 Å². The summed E-state index contributed by atoms with van der Waals surface area (Å²) in [7, 11) is 0. The van der Waals surface area contributed by atoms with Gasteiger partial charge in [-0.2, -0.15) is 5.10 Å². The predicted octanol–water partition coefficient (Wildman–Crippen LogP) is 4.99. The van der Waals surface area contributed by atoms with E-state index in [0.717, 1.165) is 46.9 Å². The van der Waals surface area contributed by atoms with Crippen molar-refractivity contribution in [2.45, 2.75) is 39.3 Å². The number of piperidine rings is 1. The lowest BCUT2D eigenvalue weighted by atomic mass is 9.97. The molecular formula is C26H30N6O. The van der Waals surface area contributed by atoms with Crippen molar-refractivity contribution >= 4 is 16.9 Å². The topological polar surface area (TPSA) is 82.1 Å². The number of hydrogen-bond acceptors (Lipinski definition) is 6. The van der Waals surface area contributed by atoms with Crippen molar-refractivity contribution < 1.29 is 4.74 Å². The minimum Gasteiger partial charge on any atom is -0.457 e. The van der Waals surface area contributed by atoms with E-state index < -0.39 is 0 Å². The van der Waals surface area contributed by atoms with Gasteiger partial charge >= 0.3 is 0 Å². The zero-order valence-corrected chi connectivity index (χ0v) is 19.2. The van der Waals surface area contributed by atoms with Gasteiger partial charge in [0, 0.05) is 24.7 Å². The summed E-state index contributed by atoms with van der Waals surface area (Å²) < 4.78 is 7.96. The van der Waals surface area contributed by atoms with Gasteiger partial charge in [-0.15, -0.1) is 0 Å². The first kappa shape index (κ1) is 21.4. The summed E-state index contributed by atoms with van der Waals surface area (Å²) in [5.74, 6) is 2.57. The Bertz CT molecular complexity index is 1220. The summed E-state index contributed by atoms with van der Waals surface area (Å²) in [4.78, 5) is 11.3. The van der Waals surface area contributed by atoms with E-state index in [4.69, 9.17) is 15.6 Å². The molecule has 0 aliphatic carbocycles. The van der Waals surface area contributed by atoms with Crippen molar-refractivity contribution in [1.29, 1.82) is 0 Å². The van der Waals surface area contributed by atoms with Crippen molar-refractivity contribution in [2.24, 2.45) is 5.92 Å². The minimum absolute atomic E-state index is 0.457. The van der Waals surface area contributed by atoms with E-state index in [9.17, 15) is 0 Å². The summed E-state index contributed by atoms with van der Waals surface area (Å²) in [6, 6.07) is 18.2. The number of benzene rings is 2. The number of likely N-dealkylation sites (tertiary alicyclic amines) is 1. The molecule has 1 aliphatic rings. The average Bonchev–Trinajstić information content (AvgIpc) is 3.20. The van der Waals surface area contributed by atoms with Gasteiger partial charge in [0.15, 0.2) is 5.65 Å². The van der Waals surface area contributed by atoms with Gasteiger partial charge in [-0.3, -0.25) is 0 Å². The molecule has 2 aromatic carbocycles. The maximum absolute atomic E-state index is 6.30. The van der Waals surface area contributed by atoms with E-state index in [2.05, 4.69) is 28.7 Å². The Kier molecular flexibility index (Phi) is 5.96. The normalized spacial score (nSPS) is 17.0. The Hall–Kier alpha value is -3.45. The van der Waals surface area contributed by atoms with Gasteiger partial charge in [0.25, 0.3) is 0 Å². The van der Waals surface area contributed by atoms with E-state index in [0.29, 0.717) is 17.8 Å². The molecule has 0 bridgehead atoms. The zero-order chi connectivity index (χ0) is 22.8. The Labute approximate surface area is 194 Å². The highest BCUT2D eigenvalue weighted by molar-refractivity contribution is 5.98. The molecule has 7 nitrogen and oxygen atoms in total. The maximum Gasteiger partial charge on any atom is 0.163 e. The number of anilines is 1. The second-order valence-corrected chi connectivity index (χ2v) is 9.02. The Balaban J connectivity index is 1.44. The first-order valence-corrected chi connectivity index (χ1v) is 11.6. The monoisotopic (exact) mass is 442 g/mol. The third-order valence-electron chi connectivity index (χ3n) is 6.38. The first-order chi connectivity index (χ1) is 16.1. The van der Waals surface area contributed by atoms with Crippen LogP contribution < -0.4 is 10.5 Å². The van der Waals surface area contributed by atoms with Crippen LogP contribution in [0.15, 0.2) is 60.9 Å². The van der Waals surface area contributed by atoms with Gasteiger partial charge < -0.3 is 15.4 Å². The van der Waals surface area contributed by atoms with Crippen LogP contribution in [-0.2, 0) is 6.54 Å². The lowest BCUT2D eigenvalue weighted by Gasteiger charge is -2.35. The lowest BCUT2D eigenvalue weighted by Crippen LogP contribution is -2.41. The molecule has 3 heterocycles. The molecule has 0 amide bonds. The molecule has 1 fully saturated rings. The second-order valence-electron chi connectivity index (χ2n) is 9.02. The first-order valence-electron chi connectivity index (χ1n) is 11.6. The van der Waals surface area contributed by atoms with Crippen LogP contribution in [0.2, 0.25) is 0 Å². The third-order valence-corrected chi connectivity index (χ3v) is 6.38. The van der Waals surface area contributed by atoms with Crippen molar-refractivity contribution in [3.63, 3.8) is 0 Å². The highest BCUT2D eigenvalue weighted by Gasteiger charge is 2.24. The van der Waals surface area contributed by atoms with Crippen LogP contribution in [-0.4, -0.2) is 43.8 Å². The molecular weight excluding hydrogens is 412 g/mol. The molecule has 33 heavy (non-hydrogen) atoms. The van der Waals surface area contributed by atoms with Crippen LogP contribution in [0.4, 0.5) is 5.82 Å². The molecule has 2 aromatic heterocycles. The molecule has 1 atom stereocenters. The van der Waals surface area contributed by atoms with Gasteiger partial charge in [0.1, 0.15) is 29.3 Å². The predicted molar refractivity (Wildman–Crippen MR) is 131 cm³/mol. The van der Waals surface area contributed by atoms with E-state index >= 15 is 0 Å². The number of fused-ring (bicyclic) bond motifs is 1. The van der Waals surface area contributed by atoms with Crippen LogP contribution in [0.5, 0.6) is 11.5 Å². The number of hydrogen-bond donors (Lipinski definition) is 1. The van der Waals surface area contributed by atoms with Gasteiger partial charge in [-0.1, -0.05) is 18.2 Å². The van der Waals surface area contributed by atoms with Crippen LogP contribution in [0.3, 0.4) is 0 Å². The van der Waals surface area contributed by atoms with E-state index in [1.807, 2.05) is 59.3 Å². The smallest absolute Gasteiger partial charge is 0.163 e. The van der Waals surface area contributed by atoms with Crippen molar-refractivity contribution in [2.75, 3.05) is 18.8 Å². The molecule has 4 aromatic rings. The molecule has 2 N–H and O–H groups in total. The van der Waals surface area contributed by atoms with E-state index in [-0.39, 0.29) is 0 Å². The quantitative estimate of drug-likeness (QED) is 0.453. The number of nitrogen functional groups attached to an aromatic ring is 1. The summed E-state index contributed by atoms with van der Waals surface area (Å²) in [5, 5.41) is 5.78. The standard InChI is InChI=1S/C26H30N6O/c1-18(2)31-14-6-7-19(15-31)16-32-26-23(25(27)28-17-29-26)24(30-32)20-10-12-22(13-11-20)33-21-8-4-3-5-9-21/h3-5,8-13,17-19H,6-7,14-16H2,1-2H3,(H2,27,28,29)/t19-/m1/s1. The van der Waals surface area contributed by atoms with Crippen molar-refractivity contribution in [3.8, 4) is 22.8 Å². The fourth-order valence-electron chi connectivity index (χ4n) is 4.63. The molecule has 0 saturated carbocycles. The zero-order valence-electron chi connectivity index (χ0n) is 19.2. The summed E-state index contributed by atoms with van der Waals surface area (Å²) in [6.45, 7) is 7.61.